The molecule has 1 rings (SSSR count). The molecule has 0 atom stereocenters. The molecule has 0 fully saturated rings. The first-order valence-electron chi connectivity index (χ1n) is 7.37. The smallest absolute Gasteiger partial charge is 0.252 e. The largest absolute Gasteiger partial charge is 0.353 e. The molecule has 1 aromatic heterocycles. The molecule has 4 heteroatoms. The summed E-state index contributed by atoms with van der Waals surface area (Å²) in [5, 5.41) is 2.98. The highest BCUT2D eigenvalue weighted by Gasteiger charge is 2.06. The average Bonchev–Trinajstić information content (AvgIpc) is 2.88. The number of amides is 1. The molecule has 0 aliphatic rings. The van der Waals surface area contributed by atoms with Gasteiger partial charge >= 0.3 is 0 Å². The lowest BCUT2D eigenvalue weighted by atomic mass is 10.3. The van der Waals surface area contributed by atoms with E-state index in [1.165, 1.54) is 0 Å². The molecular formula is C15H27N3O. The van der Waals surface area contributed by atoms with Crippen molar-refractivity contribution in [1.82, 2.24) is 14.8 Å². The summed E-state index contributed by atoms with van der Waals surface area (Å²) in [4.78, 5) is 14.3. The normalized spacial score (nSPS) is 10.9. The number of hydrogen-bond donors (Lipinski definition) is 1. The van der Waals surface area contributed by atoms with E-state index in [9.17, 15) is 4.79 Å². The Kier molecular flexibility index (Phi) is 7.26. The molecule has 0 saturated heterocycles. The summed E-state index contributed by atoms with van der Waals surface area (Å²) in [6, 6.07) is 1.88. The highest BCUT2D eigenvalue weighted by atomic mass is 16.1. The molecule has 0 aliphatic heterocycles. The fraction of sp³-hybridized carbons (Fsp3) is 0.667. The first kappa shape index (κ1) is 15.8. The lowest BCUT2D eigenvalue weighted by Crippen LogP contribution is -2.29. The van der Waals surface area contributed by atoms with Crippen molar-refractivity contribution in [2.45, 2.75) is 40.2 Å². The molecule has 1 heterocycles. The predicted octanol–water partition coefficient (Wildman–Crippen LogP) is 2.36. The maximum Gasteiger partial charge on any atom is 0.252 e. The quantitative estimate of drug-likeness (QED) is 0.696. The van der Waals surface area contributed by atoms with Crippen LogP contribution in [0.15, 0.2) is 18.5 Å². The van der Waals surface area contributed by atoms with Crippen molar-refractivity contribution in [3.05, 3.63) is 24.0 Å². The van der Waals surface area contributed by atoms with Crippen LogP contribution in [0.25, 0.3) is 0 Å². The van der Waals surface area contributed by atoms with Gasteiger partial charge in [-0.2, -0.15) is 0 Å². The molecule has 19 heavy (non-hydrogen) atoms. The van der Waals surface area contributed by atoms with Gasteiger partial charge in [0.05, 0.1) is 5.56 Å². The van der Waals surface area contributed by atoms with Crippen molar-refractivity contribution in [1.29, 1.82) is 0 Å². The molecule has 0 aromatic carbocycles. The number of carbonyl (C=O) groups excluding carboxylic acids is 1. The third-order valence-electron chi connectivity index (χ3n) is 3.33. The highest BCUT2D eigenvalue weighted by Crippen LogP contribution is 2.02. The van der Waals surface area contributed by atoms with Crippen molar-refractivity contribution in [3.63, 3.8) is 0 Å². The van der Waals surface area contributed by atoms with Crippen molar-refractivity contribution in [2.75, 3.05) is 26.2 Å². The minimum Gasteiger partial charge on any atom is -0.353 e. The van der Waals surface area contributed by atoms with Gasteiger partial charge in [-0.1, -0.05) is 20.8 Å². The first-order chi connectivity index (χ1) is 9.21. The van der Waals surface area contributed by atoms with Gasteiger partial charge < -0.3 is 14.8 Å². The van der Waals surface area contributed by atoms with Crippen LogP contribution in [0.4, 0.5) is 0 Å². The summed E-state index contributed by atoms with van der Waals surface area (Å²) >= 11 is 0. The molecule has 0 radical (unpaired) electrons. The molecule has 0 unspecified atom stereocenters. The lowest BCUT2D eigenvalue weighted by molar-refractivity contribution is 0.0952. The second-order valence-electron chi connectivity index (χ2n) is 4.77. The van der Waals surface area contributed by atoms with Crippen LogP contribution in [0.2, 0.25) is 0 Å². The molecule has 4 nitrogen and oxygen atoms in total. The molecule has 1 aromatic rings. The number of nitrogens with zero attached hydrogens (tertiary/aromatic N) is 2. The highest BCUT2D eigenvalue weighted by molar-refractivity contribution is 5.93. The van der Waals surface area contributed by atoms with E-state index in [2.05, 4.69) is 35.6 Å². The topological polar surface area (TPSA) is 37.3 Å². The Labute approximate surface area is 116 Å². The molecule has 1 amide bonds. The predicted molar refractivity (Wildman–Crippen MR) is 79.5 cm³/mol. The Morgan fingerprint density at radius 2 is 2.05 bits per heavy atom. The fourth-order valence-corrected chi connectivity index (χ4v) is 2.12. The number of nitrogens with one attached hydrogen (secondary N) is 1. The van der Waals surface area contributed by atoms with Crippen LogP contribution in [-0.2, 0) is 6.54 Å². The summed E-state index contributed by atoms with van der Waals surface area (Å²) < 4.78 is 2.06. The molecule has 0 saturated carbocycles. The van der Waals surface area contributed by atoms with E-state index < -0.39 is 0 Å². The first-order valence-corrected chi connectivity index (χ1v) is 7.37. The zero-order chi connectivity index (χ0) is 14.1. The van der Waals surface area contributed by atoms with Crippen molar-refractivity contribution >= 4 is 5.91 Å². The fourth-order valence-electron chi connectivity index (χ4n) is 2.12. The van der Waals surface area contributed by atoms with Crippen molar-refractivity contribution < 1.29 is 4.79 Å². The molecule has 0 spiro atoms. The van der Waals surface area contributed by atoms with E-state index in [1.54, 1.807) is 0 Å². The summed E-state index contributed by atoms with van der Waals surface area (Å²) in [5.74, 6) is 0.0365. The lowest BCUT2D eigenvalue weighted by Gasteiger charge is -2.17. The van der Waals surface area contributed by atoms with Gasteiger partial charge in [0.15, 0.2) is 0 Å². The van der Waals surface area contributed by atoms with Crippen LogP contribution >= 0.6 is 0 Å². The van der Waals surface area contributed by atoms with Crippen LogP contribution in [0.1, 0.15) is 44.0 Å². The zero-order valence-corrected chi connectivity index (χ0v) is 12.5. The molecular weight excluding hydrogens is 238 g/mol. The zero-order valence-electron chi connectivity index (χ0n) is 12.5. The standard InChI is InChI=1S/C15H27N3O/c1-4-10-18-12-8-14(13-18)15(19)16-9-7-11-17(5-2)6-3/h8,12-13H,4-7,9-11H2,1-3H3,(H,16,19). The van der Waals surface area contributed by atoms with E-state index in [4.69, 9.17) is 0 Å². The van der Waals surface area contributed by atoms with E-state index in [1.807, 2.05) is 18.5 Å². The van der Waals surface area contributed by atoms with Gasteiger partial charge in [0.2, 0.25) is 0 Å². The van der Waals surface area contributed by atoms with Gasteiger partial charge in [0.25, 0.3) is 5.91 Å². The van der Waals surface area contributed by atoms with Crippen LogP contribution in [0, 0.1) is 0 Å². The number of aryl methyl sites for hydroxylation is 1. The average molecular weight is 265 g/mol. The van der Waals surface area contributed by atoms with Gasteiger partial charge in [0, 0.05) is 25.5 Å². The van der Waals surface area contributed by atoms with E-state index >= 15 is 0 Å². The number of rotatable bonds is 9. The second kappa shape index (κ2) is 8.75. The number of aromatic nitrogens is 1. The van der Waals surface area contributed by atoms with Gasteiger partial charge in [-0.3, -0.25) is 4.79 Å². The Morgan fingerprint density at radius 3 is 2.68 bits per heavy atom. The maximum atomic E-state index is 11.9. The Balaban J connectivity index is 2.26. The number of carbonyl (C=O) groups is 1. The van der Waals surface area contributed by atoms with E-state index in [0.717, 1.165) is 51.1 Å². The summed E-state index contributed by atoms with van der Waals surface area (Å²) in [5.41, 5.74) is 0.760. The van der Waals surface area contributed by atoms with Gasteiger partial charge in [-0.05, 0) is 38.5 Å². The van der Waals surface area contributed by atoms with Crippen LogP contribution in [0.3, 0.4) is 0 Å². The maximum absolute atomic E-state index is 11.9. The van der Waals surface area contributed by atoms with Crippen LogP contribution < -0.4 is 5.32 Å². The molecule has 0 aliphatic carbocycles. The van der Waals surface area contributed by atoms with Crippen molar-refractivity contribution in [3.8, 4) is 0 Å². The Hall–Kier alpha value is -1.29. The third kappa shape index (κ3) is 5.47. The summed E-state index contributed by atoms with van der Waals surface area (Å²) in [7, 11) is 0. The minimum atomic E-state index is 0.0365. The van der Waals surface area contributed by atoms with Crippen LogP contribution in [-0.4, -0.2) is 41.6 Å². The number of hydrogen-bond acceptors (Lipinski definition) is 2. The van der Waals surface area contributed by atoms with Gasteiger partial charge in [-0.15, -0.1) is 0 Å². The van der Waals surface area contributed by atoms with Crippen molar-refractivity contribution in [2.24, 2.45) is 0 Å². The minimum absolute atomic E-state index is 0.0365. The Bertz CT molecular complexity index is 369. The summed E-state index contributed by atoms with van der Waals surface area (Å²) in [6.07, 6.45) is 5.97. The van der Waals surface area contributed by atoms with E-state index in [-0.39, 0.29) is 5.91 Å². The summed E-state index contributed by atoms with van der Waals surface area (Å²) in [6.45, 7) is 11.4. The monoisotopic (exact) mass is 265 g/mol. The third-order valence-corrected chi connectivity index (χ3v) is 3.33. The Morgan fingerprint density at radius 1 is 1.32 bits per heavy atom. The van der Waals surface area contributed by atoms with Crippen LogP contribution in [0.5, 0.6) is 0 Å². The molecule has 1 N–H and O–H groups in total. The molecule has 108 valence electrons. The van der Waals surface area contributed by atoms with Gasteiger partial charge in [0.1, 0.15) is 0 Å². The van der Waals surface area contributed by atoms with Gasteiger partial charge in [-0.25, -0.2) is 0 Å². The SMILES string of the molecule is CCCn1ccc(C(=O)NCCCN(CC)CC)c1. The van der Waals surface area contributed by atoms with E-state index in [0.29, 0.717) is 0 Å². The molecule has 0 bridgehead atoms. The second-order valence-corrected chi connectivity index (χ2v) is 4.77.